The molecule has 0 radical (unpaired) electrons. The highest BCUT2D eigenvalue weighted by Crippen LogP contribution is 2.38. The van der Waals surface area contributed by atoms with E-state index in [1.165, 1.54) is 19.3 Å². The van der Waals surface area contributed by atoms with Crippen LogP contribution < -0.4 is 14.8 Å². The number of methoxy groups -OCH3 is 2. The molecule has 0 amide bonds. The highest BCUT2D eigenvalue weighted by Gasteiger charge is 2.27. The summed E-state index contributed by atoms with van der Waals surface area (Å²) in [7, 11) is 3.26. The van der Waals surface area contributed by atoms with Crippen LogP contribution in [0.1, 0.15) is 33.1 Å². The minimum atomic E-state index is 0.467. The van der Waals surface area contributed by atoms with Gasteiger partial charge in [-0.3, -0.25) is 0 Å². The van der Waals surface area contributed by atoms with Gasteiger partial charge in [-0.25, -0.2) is 0 Å². The number of rotatable bonds is 4. The van der Waals surface area contributed by atoms with Crippen molar-refractivity contribution < 1.29 is 9.47 Å². The Balaban J connectivity index is 2.20. The Morgan fingerprint density at radius 2 is 1.75 bits per heavy atom. The van der Waals surface area contributed by atoms with E-state index in [1.807, 2.05) is 6.07 Å². The first-order chi connectivity index (χ1) is 9.56. The maximum absolute atomic E-state index is 6.34. The summed E-state index contributed by atoms with van der Waals surface area (Å²) in [5.74, 6) is 2.76. The highest BCUT2D eigenvalue weighted by molar-refractivity contribution is 6.33. The maximum Gasteiger partial charge on any atom is 0.162 e. The molecule has 1 aromatic rings. The van der Waals surface area contributed by atoms with E-state index in [4.69, 9.17) is 21.1 Å². The second kappa shape index (κ2) is 6.57. The molecule has 0 bridgehead atoms. The molecule has 1 fully saturated rings. The summed E-state index contributed by atoms with van der Waals surface area (Å²) in [5, 5.41) is 4.26. The van der Waals surface area contributed by atoms with Gasteiger partial charge in [0.2, 0.25) is 0 Å². The SMILES string of the molecule is COc1cc(Cl)c(NC2CCCC(C)C2C)cc1OC. The second-order valence-electron chi connectivity index (χ2n) is 5.71. The number of anilines is 1. The second-order valence-corrected chi connectivity index (χ2v) is 6.11. The Morgan fingerprint density at radius 3 is 2.40 bits per heavy atom. The monoisotopic (exact) mass is 297 g/mol. The summed E-state index contributed by atoms with van der Waals surface area (Å²) >= 11 is 6.34. The number of nitrogens with one attached hydrogen (secondary N) is 1. The van der Waals surface area contributed by atoms with Crippen LogP contribution in [0.3, 0.4) is 0 Å². The molecule has 1 aliphatic carbocycles. The van der Waals surface area contributed by atoms with Crippen LogP contribution in [0.15, 0.2) is 12.1 Å². The van der Waals surface area contributed by atoms with Gasteiger partial charge < -0.3 is 14.8 Å². The molecule has 112 valence electrons. The van der Waals surface area contributed by atoms with Crippen LogP contribution in [0.2, 0.25) is 5.02 Å². The van der Waals surface area contributed by atoms with Gasteiger partial charge >= 0.3 is 0 Å². The molecule has 20 heavy (non-hydrogen) atoms. The summed E-state index contributed by atoms with van der Waals surface area (Å²) in [6, 6.07) is 4.20. The van der Waals surface area contributed by atoms with E-state index < -0.39 is 0 Å². The Morgan fingerprint density at radius 1 is 1.10 bits per heavy atom. The van der Waals surface area contributed by atoms with Gasteiger partial charge in [0.25, 0.3) is 0 Å². The quantitative estimate of drug-likeness (QED) is 0.881. The van der Waals surface area contributed by atoms with Crippen LogP contribution in [-0.2, 0) is 0 Å². The third-order valence-corrected chi connectivity index (χ3v) is 4.83. The molecule has 0 spiro atoms. The molecule has 1 N–H and O–H groups in total. The van der Waals surface area contributed by atoms with Crippen molar-refractivity contribution in [1.29, 1.82) is 0 Å². The van der Waals surface area contributed by atoms with E-state index >= 15 is 0 Å². The van der Waals surface area contributed by atoms with Gasteiger partial charge in [-0.05, 0) is 18.3 Å². The fourth-order valence-corrected chi connectivity index (χ4v) is 3.16. The zero-order valence-electron chi connectivity index (χ0n) is 12.7. The third kappa shape index (κ3) is 3.14. The molecule has 3 unspecified atom stereocenters. The number of hydrogen-bond acceptors (Lipinski definition) is 3. The number of benzene rings is 1. The number of ether oxygens (including phenoxy) is 2. The first-order valence-corrected chi connectivity index (χ1v) is 7.62. The fraction of sp³-hybridized carbons (Fsp3) is 0.625. The molecule has 4 heteroatoms. The molecule has 1 aliphatic rings. The molecule has 1 saturated carbocycles. The van der Waals surface area contributed by atoms with Gasteiger partial charge in [-0.2, -0.15) is 0 Å². The van der Waals surface area contributed by atoms with Crippen molar-refractivity contribution >= 4 is 17.3 Å². The van der Waals surface area contributed by atoms with Crippen molar-refractivity contribution in [3.05, 3.63) is 17.2 Å². The highest BCUT2D eigenvalue weighted by atomic mass is 35.5. The lowest BCUT2D eigenvalue weighted by Crippen LogP contribution is -2.35. The predicted molar refractivity (Wildman–Crippen MR) is 84.1 cm³/mol. The standard InChI is InChI=1S/C16H24ClNO2/c1-10-6-5-7-13(11(10)2)18-14-9-16(20-4)15(19-3)8-12(14)17/h8-11,13,18H,5-7H2,1-4H3. The third-order valence-electron chi connectivity index (χ3n) is 4.52. The fourth-order valence-electron chi connectivity index (χ4n) is 2.95. The van der Waals surface area contributed by atoms with Crippen molar-refractivity contribution in [3.8, 4) is 11.5 Å². The zero-order chi connectivity index (χ0) is 14.7. The van der Waals surface area contributed by atoms with E-state index in [1.54, 1.807) is 20.3 Å². The molecular weight excluding hydrogens is 274 g/mol. The lowest BCUT2D eigenvalue weighted by molar-refractivity contribution is 0.253. The number of halogens is 1. The van der Waals surface area contributed by atoms with Gasteiger partial charge in [0.05, 0.1) is 24.9 Å². The molecular formula is C16H24ClNO2. The van der Waals surface area contributed by atoms with Crippen molar-refractivity contribution in [2.24, 2.45) is 11.8 Å². The van der Waals surface area contributed by atoms with Crippen LogP contribution in [0.4, 0.5) is 5.69 Å². The summed E-state index contributed by atoms with van der Waals surface area (Å²) in [6.07, 6.45) is 3.78. The lowest BCUT2D eigenvalue weighted by Gasteiger charge is -2.35. The minimum absolute atomic E-state index is 0.467. The molecule has 0 aromatic heterocycles. The minimum Gasteiger partial charge on any atom is -0.493 e. The average molecular weight is 298 g/mol. The summed E-state index contributed by atoms with van der Waals surface area (Å²) in [6.45, 7) is 4.64. The van der Waals surface area contributed by atoms with Crippen molar-refractivity contribution in [2.45, 2.75) is 39.2 Å². The topological polar surface area (TPSA) is 30.5 Å². The van der Waals surface area contributed by atoms with Gasteiger partial charge in [-0.15, -0.1) is 0 Å². The summed E-state index contributed by atoms with van der Waals surface area (Å²) in [5.41, 5.74) is 0.926. The van der Waals surface area contributed by atoms with Gasteiger partial charge in [-0.1, -0.05) is 38.3 Å². The van der Waals surface area contributed by atoms with Gasteiger partial charge in [0.1, 0.15) is 0 Å². The van der Waals surface area contributed by atoms with E-state index in [2.05, 4.69) is 19.2 Å². The Labute approximate surface area is 126 Å². The van der Waals surface area contributed by atoms with Gasteiger partial charge in [0, 0.05) is 18.2 Å². The first kappa shape index (κ1) is 15.3. The molecule has 3 nitrogen and oxygen atoms in total. The molecule has 1 aromatic carbocycles. The normalized spacial score (nSPS) is 26.1. The van der Waals surface area contributed by atoms with E-state index in [-0.39, 0.29) is 0 Å². The molecule has 2 rings (SSSR count). The molecule has 3 atom stereocenters. The maximum atomic E-state index is 6.34. The Kier molecular flexibility index (Phi) is 5.03. The molecule has 0 aliphatic heterocycles. The first-order valence-electron chi connectivity index (χ1n) is 7.24. The van der Waals surface area contributed by atoms with Crippen molar-refractivity contribution in [2.75, 3.05) is 19.5 Å². The largest absolute Gasteiger partial charge is 0.493 e. The predicted octanol–water partition coefficient (Wildman–Crippen LogP) is 4.59. The molecule has 0 heterocycles. The van der Waals surface area contributed by atoms with Gasteiger partial charge in [0.15, 0.2) is 11.5 Å². The zero-order valence-corrected chi connectivity index (χ0v) is 13.5. The lowest BCUT2D eigenvalue weighted by atomic mass is 9.78. The van der Waals surface area contributed by atoms with Crippen LogP contribution in [-0.4, -0.2) is 20.3 Å². The smallest absolute Gasteiger partial charge is 0.162 e. The van der Waals surface area contributed by atoms with E-state index in [0.29, 0.717) is 28.5 Å². The summed E-state index contributed by atoms with van der Waals surface area (Å²) < 4.78 is 10.6. The van der Waals surface area contributed by atoms with Crippen LogP contribution in [0.25, 0.3) is 0 Å². The average Bonchev–Trinajstić information content (AvgIpc) is 2.45. The van der Waals surface area contributed by atoms with Crippen LogP contribution in [0.5, 0.6) is 11.5 Å². The number of hydrogen-bond donors (Lipinski definition) is 1. The molecule has 0 saturated heterocycles. The Hall–Kier alpha value is -1.09. The van der Waals surface area contributed by atoms with Crippen LogP contribution >= 0.6 is 11.6 Å². The van der Waals surface area contributed by atoms with Crippen LogP contribution in [0, 0.1) is 11.8 Å². The van der Waals surface area contributed by atoms with Crippen molar-refractivity contribution in [1.82, 2.24) is 0 Å². The van der Waals surface area contributed by atoms with E-state index in [9.17, 15) is 0 Å². The van der Waals surface area contributed by atoms with E-state index in [0.717, 1.165) is 11.6 Å². The van der Waals surface area contributed by atoms with Crippen molar-refractivity contribution in [3.63, 3.8) is 0 Å². The Bertz CT molecular complexity index is 464. The summed E-state index contributed by atoms with van der Waals surface area (Å²) in [4.78, 5) is 0.